The number of amides is 2. The van der Waals surface area contributed by atoms with Crippen molar-refractivity contribution in [2.24, 2.45) is 0 Å². The lowest BCUT2D eigenvalue weighted by molar-refractivity contribution is 0.0739. The van der Waals surface area contributed by atoms with Crippen LogP contribution >= 0.6 is 0 Å². The van der Waals surface area contributed by atoms with Crippen molar-refractivity contribution in [1.29, 1.82) is 0 Å². The Hall–Kier alpha value is -3.20. The highest BCUT2D eigenvalue weighted by molar-refractivity contribution is 5.96. The number of pyridine rings is 2. The molecule has 0 aliphatic carbocycles. The maximum Gasteiger partial charge on any atom is 0.272 e. The van der Waals surface area contributed by atoms with Crippen LogP contribution in [0.2, 0.25) is 0 Å². The molecule has 9 nitrogen and oxygen atoms in total. The second-order valence-electron chi connectivity index (χ2n) is 7.94. The Bertz CT molecular complexity index is 894. The van der Waals surface area contributed by atoms with Crippen LogP contribution in [0.5, 0.6) is 0 Å². The smallest absolute Gasteiger partial charge is 0.272 e. The third-order valence-electron chi connectivity index (χ3n) is 4.99. The molecule has 1 unspecified atom stereocenters. The molecule has 0 aromatic carbocycles. The Morgan fingerprint density at radius 2 is 1.84 bits per heavy atom. The molecule has 1 atom stereocenters. The van der Waals surface area contributed by atoms with E-state index in [4.69, 9.17) is 5.11 Å². The summed E-state index contributed by atoms with van der Waals surface area (Å²) in [6, 6.07) is 7.02. The number of anilines is 2. The third-order valence-corrected chi connectivity index (χ3v) is 4.99. The lowest BCUT2D eigenvalue weighted by Gasteiger charge is -2.36. The van der Waals surface area contributed by atoms with Gasteiger partial charge in [0.1, 0.15) is 5.69 Å². The van der Waals surface area contributed by atoms with Gasteiger partial charge in [0.05, 0.1) is 17.9 Å². The molecule has 0 bridgehead atoms. The predicted octanol–water partition coefficient (Wildman–Crippen LogP) is 1.37. The van der Waals surface area contributed by atoms with Crippen molar-refractivity contribution >= 4 is 23.3 Å². The average molecular weight is 427 g/mol. The fourth-order valence-electron chi connectivity index (χ4n) is 3.36. The van der Waals surface area contributed by atoms with E-state index in [-0.39, 0.29) is 24.5 Å². The fraction of sp³-hybridized carbons (Fsp3) is 0.455. The number of aromatic nitrogens is 2. The molecule has 1 aliphatic rings. The molecular weight excluding hydrogens is 396 g/mol. The summed E-state index contributed by atoms with van der Waals surface area (Å²) >= 11 is 0. The lowest BCUT2D eigenvalue weighted by Crippen LogP contribution is -2.49. The largest absolute Gasteiger partial charge is 0.394 e. The Balaban J connectivity index is 1.60. The van der Waals surface area contributed by atoms with Crippen molar-refractivity contribution in [3.05, 3.63) is 47.9 Å². The monoisotopic (exact) mass is 426 g/mol. The summed E-state index contributed by atoms with van der Waals surface area (Å²) in [5.74, 6) is 0.411. The van der Waals surface area contributed by atoms with Gasteiger partial charge < -0.3 is 25.5 Å². The van der Waals surface area contributed by atoms with Gasteiger partial charge in [0.2, 0.25) is 0 Å². The number of carbonyl (C=O) groups excluding carboxylic acids is 2. The van der Waals surface area contributed by atoms with Gasteiger partial charge in [-0.1, -0.05) is 0 Å². The molecule has 3 heterocycles. The Morgan fingerprint density at radius 3 is 2.45 bits per heavy atom. The van der Waals surface area contributed by atoms with Gasteiger partial charge in [-0.05, 0) is 45.0 Å². The third kappa shape index (κ3) is 5.69. The molecule has 3 N–H and O–H groups in total. The maximum absolute atomic E-state index is 12.8. The van der Waals surface area contributed by atoms with Gasteiger partial charge in [0, 0.05) is 50.7 Å². The van der Waals surface area contributed by atoms with Crippen molar-refractivity contribution in [2.75, 3.05) is 43.0 Å². The quantitative estimate of drug-likeness (QED) is 0.613. The highest BCUT2D eigenvalue weighted by Crippen LogP contribution is 2.24. The highest BCUT2D eigenvalue weighted by atomic mass is 16.3. The van der Waals surface area contributed by atoms with Crippen molar-refractivity contribution in [2.45, 2.75) is 32.9 Å². The van der Waals surface area contributed by atoms with Crippen LogP contribution in [0.4, 0.5) is 11.5 Å². The zero-order valence-electron chi connectivity index (χ0n) is 18.2. The summed E-state index contributed by atoms with van der Waals surface area (Å²) in [4.78, 5) is 37.6. The molecular formula is C22H30N6O3. The number of hydrogen-bond donors (Lipinski definition) is 3. The van der Waals surface area contributed by atoms with E-state index in [2.05, 4.69) is 39.3 Å². The molecule has 0 radical (unpaired) electrons. The zero-order valence-corrected chi connectivity index (χ0v) is 18.2. The molecule has 166 valence electrons. The second kappa shape index (κ2) is 10.2. The minimum Gasteiger partial charge on any atom is -0.394 e. The average Bonchev–Trinajstić information content (AvgIpc) is 2.78. The van der Waals surface area contributed by atoms with Crippen molar-refractivity contribution < 1.29 is 14.7 Å². The van der Waals surface area contributed by atoms with Gasteiger partial charge in [-0.25, -0.2) is 4.98 Å². The molecule has 9 heteroatoms. The first kappa shape index (κ1) is 22.5. The number of hydrogen-bond acceptors (Lipinski definition) is 7. The summed E-state index contributed by atoms with van der Waals surface area (Å²) in [5, 5.41) is 15.1. The molecule has 0 saturated carbocycles. The summed E-state index contributed by atoms with van der Waals surface area (Å²) in [5.41, 5.74) is 1.64. The van der Waals surface area contributed by atoms with Crippen LogP contribution in [0.25, 0.3) is 0 Å². The van der Waals surface area contributed by atoms with Gasteiger partial charge in [-0.3, -0.25) is 14.6 Å². The minimum absolute atomic E-state index is 0.144. The maximum atomic E-state index is 12.8. The van der Waals surface area contributed by atoms with Crippen molar-refractivity contribution in [3.8, 4) is 0 Å². The van der Waals surface area contributed by atoms with Crippen LogP contribution in [0.15, 0.2) is 36.7 Å². The number of nitrogens with one attached hydrogen (secondary N) is 2. The van der Waals surface area contributed by atoms with Gasteiger partial charge in [0.25, 0.3) is 11.8 Å². The number of aliphatic hydroxyl groups excluding tert-OH is 1. The van der Waals surface area contributed by atoms with Crippen molar-refractivity contribution in [3.63, 3.8) is 0 Å². The SMILES string of the molecule is CC(C)Nc1cccnc1N1CCN(C(=O)c2ccc(C(=O)NC(C)CO)cn2)CC1. The van der Waals surface area contributed by atoms with Crippen LogP contribution in [0.3, 0.4) is 0 Å². The standard InChI is InChI=1S/C22H30N6O3/c1-15(2)25-18-5-4-8-23-20(18)27-9-11-28(12-10-27)22(31)19-7-6-17(13-24-19)21(30)26-16(3)14-29/h4-8,13,15-16,25,29H,9-12,14H2,1-3H3,(H,26,30). The van der Waals surface area contributed by atoms with Gasteiger partial charge in [0.15, 0.2) is 5.82 Å². The van der Waals surface area contributed by atoms with E-state index in [0.29, 0.717) is 43.5 Å². The van der Waals surface area contributed by atoms with E-state index in [0.717, 1.165) is 11.5 Å². The molecule has 1 saturated heterocycles. The molecule has 1 fully saturated rings. The Morgan fingerprint density at radius 1 is 1.10 bits per heavy atom. The summed E-state index contributed by atoms with van der Waals surface area (Å²) in [6.07, 6.45) is 3.17. The number of carbonyl (C=O) groups is 2. The molecule has 3 rings (SSSR count). The van der Waals surface area contributed by atoms with Crippen molar-refractivity contribution in [1.82, 2.24) is 20.2 Å². The highest BCUT2D eigenvalue weighted by Gasteiger charge is 2.25. The normalized spacial score (nSPS) is 15.0. The Labute approximate surface area is 182 Å². The van der Waals surface area contributed by atoms with Crippen LogP contribution in [0, 0.1) is 0 Å². The van der Waals surface area contributed by atoms with E-state index in [1.807, 2.05) is 12.1 Å². The first-order chi connectivity index (χ1) is 14.9. The minimum atomic E-state index is -0.347. The van der Waals surface area contributed by atoms with E-state index in [1.165, 1.54) is 6.20 Å². The molecule has 2 aromatic rings. The van der Waals surface area contributed by atoms with Crippen LogP contribution in [0.1, 0.15) is 41.6 Å². The first-order valence-electron chi connectivity index (χ1n) is 10.5. The number of aliphatic hydroxyl groups is 1. The van der Waals surface area contributed by atoms with E-state index < -0.39 is 0 Å². The predicted molar refractivity (Wildman–Crippen MR) is 119 cm³/mol. The topological polar surface area (TPSA) is 111 Å². The molecule has 2 amide bonds. The van der Waals surface area contributed by atoms with E-state index in [1.54, 1.807) is 30.2 Å². The van der Waals surface area contributed by atoms with Gasteiger partial charge in [-0.15, -0.1) is 0 Å². The number of rotatable bonds is 7. The van der Waals surface area contributed by atoms with Gasteiger partial charge >= 0.3 is 0 Å². The number of piperazine rings is 1. The van der Waals surface area contributed by atoms with Crippen LogP contribution in [-0.4, -0.2) is 76.7 Å². The summed E-state index contributed by atoms with van der Waals surface area (Å²) in [6.45, 7) is 8.21. The van der Waals surface area contributed by atoms with Crippen LogP contribution < -0.4 is 15.5 Å². The van der Waals surface area contributed by atoms with E-state index in [9.17, 15) is 9.59 Å². The fourth-order valence-corrected chi connectivity index (χ4v) is 3.36. The summed E-state index contributed by atoms with van der Waals surface area (Å²) in [7, 11) is 0. The van der Waals surface area contributed by atoms with E-state index >= 15 is 0 Å². The molecule has 2 aromatic heterocycles. The van der Waals surface area contributed by atoms with Crippen LogP contribution in [-0.2, 0) is 0 Å². The first-order valence-corrected chi connectivity index (χ1v) is 10.5. The second-order valence-corrected chi connectivity index (χ2v) is 7.94. The number of nitrogens with zero attached hydrogens (tertiary/aromatic N) is 4. The zero-order chi connectivity index (χ0) is 22.4. The lowest BCUT2D eigenvalue weighted by atomic mass is 10.2. The molecule has 1 aliphatic heterocycles. The Kier molecular flexibility index (Phi) is 7.41. The summed E-state index contributed by atoms with van der Waals surface area (Å²) < 4.78 is 0. The van der Waals surface area contributed by atoms with Gasteiger partial charge in [-0.2, -0.15) is 0 Å². The molecule has 0 spiro atoms. The molecule has 31 heavy (non-hydrogen) atoms.